The number of ether oxygens (including phenoxy) is 1. The zero-order chi connectivity index (χ0) is 19.4. The first-order valence-electron chi connectivity index (χ1n) is 8.18. The van der Waals surface area contributed by atoms with Gasteiger partial charge < -0.3 is 15.0 Å². The van der Waals surface area contributed by atoms with E-state index in [-0.39, 0.29) is 17.2 Å². The number of nitrogens with zero attached hydrogens (tertiary/aromatic N) is 2. The predicted octanol–water partition coefficient (Wildman–Crippen LogP) is 2.92. The Morgan fingerprint density at radius 2 is 1.81 bits per heavy atom. The molecule has 9 heteroatoms. The van der Waals surface area contributed by atoms with Gasteiger partial charge in [-0.3, -0.25) is 19.7 Å². The van der Waals surface area contributed by atoms with Crippen LogP contribution in [0.1, 0.15) is 20.7 Å². The van der Waals surface area contributed by atoms with Gasteiger partial charge in [-0.2, -0.15) is 0 Å². The highest BCUT2D eigenvalue weighted by molar-refractivity contribution is 14.1. The Labute approximate surface area is 168 Å². The standard InChI is InChI=1S/C18H16IN3O5/c19-15-6-5-12(22(25)26)11-14(15)17(23)20-16-4-2-1-3-13(16)18(24)21-7-9-27-10-8-21/h1-6,11H,7-10H2,(H,20,23). The summed E-state index contributed by atoms with van der Waals surface area (Å²) >= 11 is 1.94. The predicted molar refractivity (Wildman–Crippen MR) is 107 cm³/mol. The van der Waals surface area contributed by atoms with Crippen molar-refractivity contribution in [1.29, 1.82) is 0 Å². The van der Waals surface area contributed by atoms with Crippen molar-refractivity contribution in [1.82, 2.24) is 4.90 Å². The maximum atomic E-state index is 12.8. The first-order chi connectivity index (χ1) is 13.0. The van der Waals surface area contributed by atoms with E-state index in [0.29, 0.717) is 41.1 Å². The van der Waals surface area contributed by atoms with E-state index in [0.717, 1.165) is 0 Å². The van der Waals surface area contributed by atoms with Gasteiger partial charge in [0.15, 0.2) is 0 Å². The van der Waals surface area contributed by atoms with Crippen LogP contribution in [-0.4, -0.2) is 47.9 Å². The fourth-order valence-electron chi connectivity index (χ4n) is 2.71. The largest absolute Gasteiger partial charge is 0.378 e. The van der Waals surface area contributed by atoms with Gasteiger partial charge in [-0.25, -0.2) is 0 Å². The number of halogens is 1. The molecule has 0 bridgehead atoms. The zero-order valence-corrected chi connectivity index (χ0v) is 16.3. The van der Waals surface area contributed by atoms with Gasteiger partial charge in [0.05, 0.1) is 35.0 Å². The van der Waals surface area contributed by atoms with Crippen LogP contribution in [0.2, 0.25) is 0 Å². The first kappa shape index (κ1) is 19.2. The number of nitro benzene ring substituents is 1. The lowest BCUT2D eigenvalue weighted by molar-refractivity contribution is -0.384. The number of non-ortho nitro benzene ring substituents is 1. The molecule has 0 unspecified atom stereocenters. The van der Waals surface area contributed by atoms with Gasteiger partial charge in [0.1, 0.15) is 0 Å². The van der Waals surface area contributed by atoms with Crippen LogP contribution in [0.25, 0.3) is 0 Å². The van der Waals surface area contributed by atoms with Crippen molar-refractivity contribution < 1.29 is 19.2 Å². The Morgan fingerprint density at radius 1 is 1.11 bits per heavy atom. The second kappa shape index (κ2) is 8.44. The summed E-state index contributed by atoms with van der Waals surface area (Å²) in [6, 6.07) is 10.8. The van der Waals surface area contributed by atoms with Crippen LogP contribution in [0.15, 0.2) is 42.5 Å². The van der Waals surface area contributed by atoms with Crippen molar-refractivity contribution in [3.05, 3.63) is 67.3 Å². The van der Waals surface area contributed by atoms with E-state index < -0.39 is 10.8 Å². The molecule has 140 valence electrons. The molecule has 2 aromatic carbocycles. The minimum absolute atomic E-state index is 0.168. The molecule has 1 fully saturated rings. The van der Waals surface area contributed by atoms with Crippen molar-refractivity contribution in [3.63, 3.8) is 0 Å². The van der Waals surface area contributed by atoms with Crippen molar-refractivity contribution in [3.8, 4) is 0 Å². The summed E-state index contributed by atoms with van der Waals surface area (Å²) in [5, 5.41) is 13.7. The van der Waals surface area contributed by atoms with Crippen LogP contribution < -0.4 is 5.32 Å². The normalized spacial score (nSPS) is 13.9. The number of hydrogen-bond acceptors (Lipinski definition) is 5. The summed E-state index contributed by atoms with van der Waals surface area (Å²) < 4.78 is 5.84. The van der Waals surface area contributed by atoms with Gasteiger partial charge >= 0.3 is 0 Å². The Hall–Kier alpha value is -2.53. The third kappa shape index (κ3) is 4.42. The Morgan fingerprint density at radius 3 is 2.52 bits per heavy atom. The lowest BCUT2D eigenvalue weighted by Crippen LogP contribution is -2.41. The summed E-state index contributed by atoms with van der Waals surface area (Å²) in [7, 11) is 0. The molecule has 8 nitrogen and oxygen atoms in total. The number of anilines is 1. The summed E-state index contributed by atoms with van der Waals surface area (Å²) in [5.74, 6) is -0.701. The third-order valence-electron chi connectivity index (χ3n) is 4.11. The Kier molecular flexibility index (Phi) is 6.01. The van der Waals surface area contributed by atoms with Gasteiger partial charge in [0, 0.05) is 28.8 Å². The molecule has 2 amide bonds. The van der Waals surface area contributed by atoms with Crippen LogP contribution in [-0.2, 0) is 4.74 Å². The van der Waals surface area contributed by atoms with E-state index in [1.165, 1.54) is 18.2 Å². The topological polar surface area (TPSA) is 102 Å². The van der Waals surface area contributed by atoms with E-state index in [4.69, 9.17) is 4.74 Å². The van der Waals surface area contributed by atoms with Crippen molar-refractivity contribution in [2.24, 2.45) is 0 Å². The molecule has 1 N–H and O–H groups in total. The van der Waals surface area contributed by atoms with E-state index in [9.17, 15) is 19.7 Å². The molecule has 0 atom stereocenters. The van der Waals surface area contributed by atoms with E-state index in [1.54, 1.807) is 29.2 Å². The van der Waals surface area contributed by atoms with Crippen molar-refractivity contribution >= 4 is 45.8 Å². The SMILES string of the molecule is O=C(Nc1ccccc1C(=O)N1CCOCC1)c1cc([N+](=O)[O-])ccc1I. The van der Waals surface area contributed by atoms with E-state index in [1.807, 2.05) is 22.6 Å². The van der Waals surface area contributed by atoms with Gasteiger partial charge in [-0.15, -0.1) is 0 Å². The smallest absolute Gasteiger partial charge is 0.270 e. The summed E-state index contributed by atoms with van der Waals surface area (Å²) in [6.45, 7) is 1.94. The molecule has 0 aliphatic carbocycles. The molecule has 2 aromatic rings. The van der Waals surface area contributed by atoms with Gasteiger partial charge in [0.25, 0.3) is 17.5 Å². The monoisotopic (exact) mass is 481 g/mol. The van der Waals surface area contributed by atoms with Crippen molar-refractivity contribution in [2.45, 2.75) is 0 Å². The van der Waals surface area contributed by atoms with Crippen LogP contribution >= 0.6 is 22.6 Å². The number of nitro groups is 1. The van der Waals surface area contributed by atoms with E-state index >= 15 is 0 Å². The number of benzene rings is 2. The number of carbonyl (C=O) groups is 2. The highest BCUT2D eigenvalue weighted by atomic mass is 127. The van der Waals surface area contributed by atoms with Crippen LogP contribution in [0.3, 0.4) is 0 Å². The van der Waals surface area contributed by atoms with Gasteiger partial charge in [-0.1, -0.05) is 12.1 Å². The number of morpholine rings is 1. The molecule has 1 aliphatic heterocycles. The zero-order valence-electron chi connectivity index (χ0n) is 14.2. The molecular formula is C18H16IN3O5. The molecule has 3 rings (SSSR count). The molecule has 0 radical (unpaired) electrons. The summed E-state index contributed by atoms with van der Waals surface area (Å²) in [4.78, 5) is 37.5. The lowest BCUT2D eigenvalue weighted by atomic mass is 10.1. The lowest BCUT2D eigenvalue weighted by Gasteiger charge is -2.27. The fourth-order valence-corrected chi connectivity index (χ4v) is 3.29. The number of hydrogen-bond donors (Lipinski definition) is 1. The van der Waals surface area contributed by atoms with Crippen molar-refractivity contribution in [2.75, 3.05) is 31.6 Å². The molecule has 0 spiro atoms. The Balaban J connectivity index is 1.86. The highest BCUT2D eigenvalue weighted by Crippen LogP contribution is 2.23. The van der Waals surface area contributed by atoms with Gasteiger partial charge in [0.2, 0.25) is 0 Å². The average Bonchev–Trinajstić information content (AvgIpc) is 2.68. The number of rotatable bonds is 4. The molecule has 1 saturated heterocycles. The highest BCUT2D eigenvalue weighted by Gasteiger charge is 2.22. The average molecular weight is 481 g/mol. The number of amides is 2. The second-order valence-corrected chi connectivity index (χ2v) is 6.99. The number of nitrogens with one attached hydrogen (secondary N) is 1. The summed E-state index contributed by atoms with van der Waals surface area (Å²) in [5.41, 5.74) is 0.742. The number of carbonyl (C=O) groups excluding carboxylic acids is 2. The maximum absolute atomic E-state index is 12.8. The molecular weight excluding hydrogens is 465 g/mol. The minimum Gasteiger partial charge on any atom is -0.378 e. The molecule has 27 heavy (non-hydrogen) atoms. The molecule has 1 aliphatic rings. The van der Waals surface area contributed by atoms with E-state index in [2.05, 4.69) is 5.32 Å². The third-order valence-corrected chi connectivity index (χ3v) is 5.05. The minimum atomic E-state index is -0.553. The van der Waals surface area contributed by atoms with Crippen LogP contribution in [0, 0.1) is 13.7 Å². The quantitative estimate of drug-likeness (QED) is 0.411. The first-order valence-corrected chi connectivity index (χ1v) is 9.26. The second-order valence-electron chi connectivity index (χ2n) is 5.83. The van der Waals surface area contributed by atoms with Gasteiger partial charge in [-0.05, 0) is 40.8 Å². The number of para-hydroxylation sites is 1. The maximum Gasteiger partial charge on any atom is 0.270 e. The fraction of sp³-hybridized carbons (Fsp3) is 0.222. The van der Waals surface area contributed by atoms with Crippen LogP contribution in [0.5, 0.6) is 0 Å². The summed E-state index contributed by atoms with van der Waals surface area (Å²) in [6.07, 6.45) is 0. The Bertz CT molecular complexity index is 896. The molecule has 0 aromatic heterocycles. The molecule has 0 saturated carbocycles. The molecule has 1 heterocycles. The van der Waals surface area contributed by atoms with Crippen LogP contribution in [0.4, 0.5) is 11.4 Å².